The molecule has 1 aromatic heterocycles. The molecule has 0 spiro atoms. The van der Waals surface area contributed by atoms with Crippen molar-refractivity contribution < 1.29 is 18.4 Å². The lowest BCUT2D eigenvalue weighted by Gasteiger charge is -2.31. The Labute approximate surface area is 156 Å². The Kier molecular flexibility index (Phi) is 6.57. The van der Waals surface area contributed by atoms with E-state index in [9.17, 15) is 18.4 Å². The normalized spacial score (nSPS) is 23.8. The summed E-state index contributed by atoms with van der Waals surface area (Å²) in [7, 11) is 0. The molecule has 0 radical (unpaired) electrons. The first-order chi connectivity index (χ1) is 11.8. The highest BCUT2D eigenvalue weighted by Gasteiger charge is 2.38. The van der Waals surface area contributed by atoms with Gasteiger partial charge in [-0.15, -0.1) is 12.4 Å². The summed E-state index contributed by atoms with van der Waals surface area (Å²) in [6, 6.07) is -0.819. The average Bonchev–Trinajstić information content (AvgIpc) is 3.16. The van der Waals surface area contributed by atoms with E-state index in [0.29, 0.717) is 18.8 Å². The van der Waals surface area contributed by atoms with Crippen molar-refractivity contribution in [3.63, 3.8) is 0 Å². The Balaban J connectivity index is 0.00000243. The van der Waals surface area contributed by atoms with Crippen molar-refractivity contribution in [2.45, 2.75) is 50.6 Å². The van der Waals surface area contributed by atoms with Gasteiger partial charge >= 0.3 is 0 Å². The Hall–Kier alpha value is -1.74. The molecule has 10 heteroatoms. The number of nitrogens with one attached hydrogen (secondary N) is 2. The van der Waals surface area contributed by atoms with Gasteiger partial charge in [0.1, 0.15) is 0 Å². The van der Waals surface area contributed by atoms with E-state index in [2.05, 4.69) is 15.7 Å². The van der Waals surface area contributed by atoms with Gasteiger partial charge in [0.05, 0.1) is 30.4 Å². The molecule has 2 atom stereocenters. The minimum atomic E-state index is -2.64. The van der Waals surface area contributed by atoms with Crippen LogP contribution in [0.3, 0.4) is 0 Å². The van der Waals surface area contributed by atoms with Crippen LogP contribution in [0.5, 0.6) is 0 Å². The summed E-state index contributed by atoms with van der Waals surface area (Å²) < 4.78 is 28.0. The molecule has 1 unspecified atom stereocenters. The van der Waals surface area contributed by atoms with Gasteiger partial charge in [0, 0.05) is 25.6 Å². The van der Waals surface area contributed by atoms with E-state index in [4.69, 9.17) is 5.73 Å². The topological polar surface area (TPSA) is 102 Å². The van der Waals surface area contributed by atoms with E-state index in [1.807, 2.05) is 0 Å². The van der Waals surface area contributed by atoms with Crippen LogP contribution < -0.4 is 16.4 Å². The molecule has 0 aromatic carbocycles. The number of amides is 2. The maximum atomic E-state index is 13.2. The predicted molar refractivity (Wildman–Crippen MR) is 94.1 cm³/mol. The molecular weight excluding hydrogens is 368 g/mol. The van der Waals surface area contributed by atoms with Crippen LogP contribution in [-0.4, -0.2) is 40.1 Å². The fraction of sp³-hybridized carbons (Fsp3) is 0.688. The highest BCUT2D eigenvalue weighted by atomic mass is 35.5. The number of carbonyl (C=O) groups is 2. The lowest BCUT2D eigenvalue weighted by atomic mass is 9.82. The molecule has 2 aliphatic rings. The second-order valence-corrected chi connectivity index (χ2v) is 6.94. The predicted octanol–water partition coefficient (Wildman–Crippen LogP) is 1.53. The van der Waals surface area contributed by atoms with Gasteiger partial charge in [-0.25, -0.2) is 8.78 Å². The Morgan fingerprint density at radius 1 is 1.42 bits per heavy atom. The molecule has 146 valence electrons. The molecule has 0 bridgehead atoms. The zero-order valence-electron chi connectivity index (χ0n) is 14.3. The van der Waals surface area contributed by atoms with E-state index >= 15 is 0 Å². The minimum absolute atomic E-state index is 0. The first-order valence-corrected chi connectivity index (χ1v) is 8.58. The van der Waals surface area contributed by atoms with Gasteiger partial charge in [-0.1, -0.05) is 0 Å². The number of carbonyl (C=O) groups excluding carboxylic acids is 2. The molecule has 1 saturated carbocycles. The summed E-state index contributed by atoms with van der Waals surface area (Å²) >= 11 is 0. The van der Waals surface area contributed by atoms with Crippen LogP contribution in [0, 0.1) is 11.8 Å². The largest absolute Gasteiger partial charge is 0.356 e. The summed E-state index contributed by atoms with van der Waals surface area (Å²) in [6.07, 6.45) is 3.95. The van der Waals surface area contributed by atoms with Crippen LogP contribution in [0.4, 0.5) is 14.5 Å². The second-order valence-electron chi connectivity index (χ2n) is 6.94. The van der Waals surface area contributed by atoms with Gasteiger partial charge in [0.25, 0.3) is 0 Å². The van der Waals surface area contributed by atoms with Gasteiger partial charge in [-0.2, -0.15) is 5.10 Å². The number of hydrogen-bond donors (Lipinski definition) is 3. The maximum absolute atomic E-state index is 13.2. The zero-order chi connectivity index (χ0) is 18.0. The number of aromatic nitrogens is 2. The maximum Gasteiger partial charge on any atom is 0.248 e. The van der Waals surface area contributed by atoms with E-state index in [0.717, 1.165) is 6.42 Å². The number of alkyl halides is 2. The van der Waals surface area contributed by atoms with Gasteiger partial charge in [0.15, 0.2) is 0 Å². The molecule has 1 aliphatic carbocycles. The fourth-order valence-corrected chi connectivity index (χ4v) is 3.43. The molecule has 4 N–H and O–H groups in total. The lowest BCUT2D eigenvalue weighted by molar-refractivity contribution is -0.123. The molecule has 1 aliphatic heterocycles. The molecule has 1 saturated heterocycles. The standard InChI is InChI=1S/C16H23F2N5O2.ClH/c17-16(18)4-1-10(2-5-16)13(19)15(25)22-12-7-21-23(9-12)8-11-3-6-20-14(11)24;/h7,9-11,13H,1-6,8,19H2,(H,20,24)(H,22,25);1H/t11?,13-;/m0./s1. The quantitative estimate of drug-likeness (QED) is 0.708. The number of halogens is 3. The number of nitrogens with two attached hydrogens (primary N) is 1. The van der Waals surface area contributed by atoms with Gasteiger partial charge in [0.2, 0.25) is 17.7 Å². The Bertz CT molecular complexity index is 644. The molecule has 26 heavy (non-hydrogen) atoms. The number of nitrogens with zero attached hydrogens (tertiary/aromatic N) is 2. The molecule has 1 aromatic rings. The van der Waals surface area contributed by atoms with Crippen molar-refractivity contribution in [3.05, 3.63) is 12.4 Å². The number of anilines is 1. The first kappa shape index (κ1) is 20.6. The molecule has 7 nitrogen and oxygen atoms in total. The minimum Gasteiger partial charge on any atom is -0.356 e. The van der Waals surface area contributed by atoms with Crippen LogP contribution >= 0.6 is 12.4 Å². The first-order valence-electron chi connectivity index (χ1n) is 8.58. The van der Waals surface area contributed by atoms with E-state index < -0.39 is 17.9 Å². The second kappa shape index (κ2) is 8.30. The van der Waals surface area contributed by atoms with Crippen LogP contribution in [-0.2, 0) is 16.1 Å². The molecule has 2 heterocycles. The van der Waals surface area contributed by atoms with Gasteiger partial charge in [-0.3, -0.25) is 14.3 Å². The van der Waals surface area contributed by atoms with Crippen LogP contribution in [0.15, 0.2) is 12.4 Å². The zero-order valence-corrected chi connectivity index (χ0v) is 15.1. The fourth-order valence-electron chi connectivity index (χ4n) is 3.43. The van der Waals surface area contributed by atoms with Gasteiger partial charge < -0.3 is 16.4 Å². The van der Waals surface area contributed by atoms with Crippen LogP contribution in [0.1, 0.15) is 32.1 Å². The summed E-state index contributed by atoms with van der Waals surface area (Å²) in [5.41, 5.74) is 6.43. The van der Waals surface area contributed by atoms with E-state index in [1.165, 1.54) is 6.20 Å². The number of rotatable bonds is 5. The third kappa shape index (κ3) is 4.91. The van der Waals surface area contributed by atoms with Crippen molar-refractivity contribution >= 4 is 29.9 Å². The van der Waals surface area contributed by atoms with E-state index in [1.54, 1.807) is 10.9 Å². The Morgan fingerprint density at radius 3 is 2.73 bits per heavy atom. The molecular formula is C16H24ClF2N5O2. The van der Waals surface area contributed by atoms with Gasteiger partial charge in [-0.05, 0) is 25.2 Å². The van der Waals surface area contributed by atoms with Crippen molar-refractivity contribution in [1.82, 2.24) is 15.1 Å². The summed E-state index contributed by atoms with van der Waals surface area (Å²) in [5.74, 6) is -3.38. The highest BCUT2D eigenvalue weighted by molar-refractivity contribution is 5.94. The van der Waals surface area contributed by atoms with Crippen molar-refractivity contribution in [2.24, 2.45) is 17.6 Å². The Morgan fingerprint density at radius 2 is 2.12 bits per heavy atom. The van der Waals surface area contributed by atoms with E-state index in [-0.39, 0.29) is 55.8 Å². The average molecular weight is 392 g/mol. The van der Waals surface area contributed by atoms with Crippen LogP contribution in [0.2, 0.25) is 0 Å². The number of hydrogen-bond acceptors (Lipinski definition) is 4. The lowest BCUT2D eigenvalue weighted by Crippen LogP contribution is -2.44. The van der Waals surface area contributed by atoms with Crippen molar-refractivity contribution in [2.75, 3.05) is 11.9 Å². The SMILES string of the molecule is Cl.N[C@H](C(=O)Nc1cnn(CC2CCNC2=O)c1)C1CCC(F)(F)CC1. The van der Waals surface area contributed by atoms with Crippen LogP contribution in [0.25, 0.3) is 0 Å². The van der Waals surface area contributed by atoms with Crippen molar-refractivity contribution in [3.8, 4) is 0 Å². The third-order valence-corrected chi connectivity index (χ3v) is 5.04. The molecule has 2 fully saturated rings. The summed E-state index contributed by atoms with van der Waals surface area (Å²) in [6.45, 7) is 1.12. The molecule has 2 amide bonds. The monoisotopic (exact) mass is 391 g/mol. The third-order valence-electron chi connectivity index (χ3n) is 5.04. The summed E-state index contributed by atoms with van der Waals surface area (Å²) in [4.78, 5) is 23.8. The highest BCUT2D eigenvalue weighted by Crippen LogP contribution is 2.37. The smallest absolute Gasteiger partial charge is 0.248 e. The van der Waals surface area contributed by atoms with Crippen molar-refractivity contribution in [1.29, 1.82) is 0 Å². The molecule has 3 rings (SSSR count). The summed E-state index contributed by atoms with van der Waals surface area (Å²) in [5, 5.41) is 9.59.